The molecule has 1 fully saturated rings. The number of ketones is 1. The highest BCUT2D eigenvalue weighted by molar-refractivity contribution is 5.95. The van der Waals surface area contributed by atoms with Crippen LogP contribution in [0.5, 0.6) is 0 Å². The molecule has 5 rings (SSSR count). The monoisotopic (exact) mass is 409 g/mol. The highest BCUT2D eigenvalue weighted by atomic mass is 16.3. The molecule has 0 radical (unpaired) electrons. The molecule has 0 spiro atoms. The summed E-state index contributed by atoms with van der Waals surface area (Å²) in [4.78, 5) is 14.6. The summed E-state index contributed by atoms with van der Waals surface area (Å²) >= 11 is 0. The van der Waals surface area contributed by atoms with Crippen LogP contribution in [0.4, 0.5) is 0 Å². The van der Waals surface area contributed by atoms with Crippen molar-refractivity contribution < 1.29 is 9.21 Å². The third-order valence-corrected chi connectivity index (χ3v) is 6.39. The van der Waals surface area contributed by atoms with Crippen molar-refractivity contribution in [2.45, 2.75) is 25.7 Å². The van der Waals surface area contributed by atoms with Gasteiger partial charge in [0.2, 0.25) is 0 Å². The van der Waals surface area contributed by atoms with E-state index in [1.165, 1.54) is 27.8 Å². The molecule has 1 aliphatic heterocycles. The van der Waals surface area contributed by atoms with Gasteiger partial charge in [0, 0.05) is 19.5 Å². The maximum Gasteiger partial charge on any atom is 0.198 e. The van der Waals surface area contributed by atoms with E-state index in [4.69, 9.17) is 4.42 Å². The van der Waals surface area contributed by atoms with Crippen molar-refractivity contribution in [2.24, 2.45) is 0 Å². The third-order valence-electron chi connectivity index (χ3n) is 6.39. The van der Waals surface area contributed by atoms with Crippen LogP contribution in [-0.4, -0.2) is 30.3 Å². The Labute approximate surface area is 183 Å². The van der Waals surface area contributed by atoms with Crippen LogP contribution in [0, 0.1) is 0 Å². The number of furan rings is 1. The number of benzene rings is 2. The van der Waals surface area contributed by atoms with Gasteiger partial charge in [-0.1, -0.05) is 66.3 Å². The van der Waals surface area contributed by atoms with Gasteiger partial charge in [0.1, 0.15) is 0 Å². The number of carbonyl (C=O) groups is 1. The lowest BCUT2D eigenvalue weighted by Crippen LogP contribution is -2.32. The van der Waals surface area contributed by atoms with Crippen molar-refractivity contribution in [3.05, 3.63) is 101 Å². The molecule has 0 bridgehead atoms. The van der Waals surface area contributed by atoms with Gasteiger partial charge in [-0.15, -0.1) is 0 Å². The zero-order valence-corrected chi connectivity index (χ0v) is 17.7. The Morgan fingerprint density at radius 1 is 0.839 bits per heavy atom. The second-order valence-corrected chi connectivity index (χ2v) is 8.33. The lowest BCUT2D eigenvalue weighted by Gasteiger charge is -2.30. The van der Waals surface area contributed by atoms with Gasteiger partial charge >= 0.3 is 0 Å². The number of likely N-dealkylation sites (tertiary alicyclic amines) is 1. The van der Waals surface area contributed by atoms with Gasteiger partial charge in [-0.25, -0.2) is 0 Å². The molecule has 0 N–H and O–H groups in total. The zero-order chi connectivity index (χ0) is 21.0. The number of rotatable bonds is 5. The Kier molecular flexibility index (Phi) is 5.68. The number of fused-ring (bicyclic) bond motifs is 2. The second-order valence-electron chi connectivity index (χ2n) is 8.33. The first-order valence-electron chi connectivity index (χ1n) is 11.2. The fraction of sp³-hybridized carbons (Fsp3) is 0.250. The zero-order valence-electron chi connectivity index (χ0n) is 17.7. The van der Waals surface area contributed by atoms with Crippen molar-refractivity contribution in [2.75, 3.05) is 19.6 Å². The number of hydrogen-bond donors (Lipinski definition) is 0. The lowest BCUT2D eigenvalue weighted by molar-refractivity contribution is 0.0947. The minimum atomic E-state index is 0.101. The van der Waals surface area contributed by atoms with Crippen molar-refractivity contribution >= 4 is 23.5 Å². The summed E-state index contributed by atoms with van der Waals surface area (Å²) in [5.41, 5.74) is 8.24. The molecule has 3 nitrogen and oxygen atoms in total. The molecule has 0 saturated carbocycles. The number of Topliss-reactive ketones (excluding diaryl/α,β-unsaturated/α-hetero) is 1. The SMILES string of the molecule is O=C(CCCN1CCC(=C2c3ccccc3C=Cc3ccccc32)CC1)c1ccco1. The summed E-state index contributed by atoms with van der Waals surface area (Å²) in [5.74, 6) is 0.578. The minimum absolute atomic E-state index is 0.101. The van der Waals surface area contributed by atoms with Crippen molar-refractivity contribution in [1.29, 1.82) is 0 Å². The molecule has 156 valence electrons. The number of nitrogens with zero attached hydrogens (tertiary/aromatic N) is 1. The van der Waals surface area contributed by atoms with E-state index in [0.717, 1.165) is 38.9 Å². The maximum absolute atomic E-state index is 12.1. The predicted molar refractivity (Wildman–Crippen MR) is 126 cm³/mol. The standard InChI is InChI=1S/C28H27NO2/c30-26(27-12-6-20-31-27)11-5-17-29-18-15-23(16-19-29)28-24-9-3-1-7-21(24)13-14-22-8-2-4-10-25(22)28/h1-4,6-10,12-14,20H,5,11,15-19H2. The first-order valence-corrected chi connectivity index (χ1v) is 11.2. The van der Waals surface area contributed by atoms with E-state index in [9.17, 15) is 4.79 Å². The molecular formula is C28H27NO2. The van der Waals surface area contributed by atoms with Crippen LogP contribution in [0.25, 0.3) is 17.7 Å². The van der Waals surface area contributed by atoms with Gasteiger partial charge in [0.15, 0.2) is 11.5 Å². The maximum atomic E-state index is 12.1. The highest BCUT2D eigenvalue weighted by Gasteiger charge is 2.22. The topological polar surface area (TPSA) is 33.5 Å². The van der Waals surface area contributed by atoms with Crippen LogP contribution in [0.2, 0.25) is 0 Å². The first-order chi connectivity index (χ1) is 15.3. The highest BCUT2D eigenvalue weighted by Crippen LogP contribution is 2.38. The van der Waals surface area contributed by atoms with Crippen molar-refractivity contribution in [1.82, 2.24) is 4.90 Å². The molecule has 3 heteroatoms. The quantitative estimate of drug-likeness (QED) is 0.361. The number of piperidine rings is 1. The number of carbonyl (C=O) groups excluding carboxylic acids is 1. The molecule has 31 heavy (non-hydrogen) atoms. The molecule has 2 heterocycles. The van der Waals surface area contributed by atoms with Gasteiger partial charge in [-0.2, -0.15) is 0 Å². The van der Waals surface area contributed by atoms with E-state index in [0.29, 0.717) is 12.2 Å². The predicted octanol–water partition coefficient (Wildman–Crippen LogP) is 6.32. The van der Waals surface area contributed by atoms with Crippen LogP contribution in [0.15, 0.2) is 76.9 Å². The molecule has 2 aromatic carbocycles. The van der Waals surface area contributed by atoms with Crippen LogP contribution in [0.3, 0.4) is 0 Å². The largest absolute Gasteiger partial charge is 0.461 e. The lowest BCUT2D eigenvalue weighted by atomic mass is 9.86. The molecule has 0 atom stereocenters. The molecule has 3 aromatic rings. The van der Waals surface area contributed by atoms with E-state index in [-0.39, 0.29) is 5.78 Å². The Morgan fingerprint density at radius 2 is 1.48 bits per heavy atom. The van der Waals surface area contributed by atoms with Crippen LogP contribution >= 0.6 is 0 Å². The van der Waals surface area contributed by atoms with Gasteiger partial charge < -0.3 is 9.32 Å². The second kappa shape index (κ2) is 8.91. The Hall–Kier alpha value is -3.17. The average Bonchev–Trinajstić information content (AvgIpc) is 3.30. The fourth-order valence-electron chi connectivity index (χ4n) is 4.77. The molecule has 0 amide bonds. The summed E-state index contributed by atoms with van der Waals surface area (Å²) in [6.45, 7) is 3.06. The smallest absolute Gasteiger partial charge is 0.198 e. The first kappa shape index (κ1) is 19.8. The Balaban J connectivity index is 1.31. The fourth-order valence-corrected chi connectivity index (χ4v) is 4.77. The number of hydrogen-bond acceptors (Lipinski definition) is 3. The molecule has 0 unspecified atom stereocenters. The van der Waals surface area contributed by atoms with E-state index in [2.05, 4.69) is 65.6 Å². The Bertz CT molecular complexity index is 1080. The van der Waals surface area contributed by atoms with E-state index in [1.807, 2.05) is 0 Å². The summed E-state index contributed by atoms with van der Waals surface area (Å²) in [6.07, 6.45) is 9.62. The minimum Gasteiger partial charge on any atom is -0.461 e. The van der Waals surface area contributed by atoms with Gasteiger partial charge in [0.25, 0.3) is 0 Å². The molecule has 1 saturated heterocycles. The van der Waals surface area contributed by atoms with Crippen molar-refractivity contribution in [3.8, 4) is 0 Å². The van der Waals surface area contributed by atoms with Crippen LogP contribution in [0.1, 0.15) is 58.5 Å². The van der Waals surface area contributed by atoms with Gasteiger partial charge in [0.05, 0.1) is 6.26 Å². The van der Waals surface area contributed by atoms with Crippen molar-refractivity contribution in [3.63, 3.8) is 0 Å². The third kappa shape index (κ3) is 4.19. The normalized spacial score (nSPS) is 16.0. The van der Waals surface area contributed by atoms with Gasteiger partial charge in [-0.05, 0) is 65.8 Å². The van der Waals surface area contributed by atoms with E-state index >= 15 is 0 Å². The summed E-state index contributed by atoms with van der Waals surface area (Å²) in [7, 11) is 0. The molecular weight excluding hydrogens is 382 g/mol. The molecule has 1 aromatic heterocycles. The summed E-state index contributed by atoms with van der Waals surface area (Å²) in [5, 5.41) is 0. The molecule has 2 aliphatic rings. The van der Waals surface area contributed by atoms with Crippen LogP contribution in [-0.2, 0) is 0 Å². The Morgan fingerprint density at radius 3 is 2.10 bits per heavy atom. The van der Waals surface area contributed by atoms with E-state index < -0.39 is 0 Å². The van der Waals surface area contributed by atoms with Crippen LogP contribution < -0.4 is 0 Å². The average molecular weight is 410 g/mol. The molecule has 1 aliphatic carbocycles. The summed E-state index contributed by atoms with van der Waals surface area (Å²) < 4.78 is 5.21. The summed E-state index contributed by atoms with van der Waals surface area (Å²) in [6, 6.07) is 21.0. The van der Waals surface area contributed by atoms with Gasteiger partial charge in [-0.3, -0.25) is 4.79 Å². The van der Waals surface area contributed by atoms with E-state index in [1.54, 1.807) is 24.0 Å².